The van der Waals surface area contributed by atoms with Gasteiger partial charge in [-0.1, -0.05) is 55.5 Å². The van der Waals surface area contributed by atoms with Crippen molar-refractivity contribution in [1.29, 1.82) is 0 Å². The first-order valence-electron chi connectivity index (χ1n) is 7.21. The zero-order valence-electron chi connectivity index (χ0n) is 12.1. The van der Waals surface area contributed by atoms with E-state index in [1.807, 2.05) is 42.7 Å². The van der Waals surface area contributed by atoms with Crippen molar-refractivity contribution in [1.82, 2.24) is 9.55 Å². The maximum Gasteiger partial charge on any atom is 0.207 e. The normalized spacial score (nSPS) is 12.0. The summed E-state index contributed by atoms with van der Waals surface area (Å²) >= 11 is 0. The summed E-state index contributed by atoms with van der Waals surface area (Å²) in [6, 6.07) is 20.7. The van der Waals surface area contributed by atoms with Crippen molar-refractivity contribution in [2.24, 2.45) is 0 Å². The zero-order valence-corrected chi connectivity index (χ0v) is 12.1. The van der Waals surface area contributed by atoms with E-state index in [1.165, 1.54) is 5.56 Å². The van der Waals surface area contributed by atoms with Gasteiger partial charge in [0.25, 0.3) is 0 Å². The quantitative estimate of drug-likeness (QED) is 0.747. The minimum atomic E-state index is 0.441. The maximum absolute atomic E-state index is 4.41. The number of rotatable bonds is 5. The van der Waals surface area contributed by atoms with Crippen molar-refractivity contribution in [2.75, 3.05) is 5.32 Å². The Kier molecular flexibility index (Phi) is 4.01. The van der Waals surface area contributed by atoms with Crippen LogP contribution >= 0.6 is 0 Å². The van der Waals surface area contributed by atoms with Gasteiger partial charge in [0, 0.05) is 24.6 Å². The largest absolute Gasteiger partial charge is 0.326 e. The molecule has 0 spiro atoms. The van der Waals surface area contributed by atoms with Gasteiger partial charge in [-0.3, -0.25) is 0 Å². The smallest absolute Gasteiger partial charge is 0.207 e. The molecule has 3 rings (SSSR count). The summed E-state index contributed by atoms with van der Waals surface area (Å²) in [5.74, 6) is 1.32. The van der Waals surface area contributed by atoms with Gasteiger partial charge >= 0.3 is 0 Å². The highest BCUT2D eigenvalue weighted by Crippen LogP contribution is 2.20. The molecule has 0 saturated heterocycles. The van der Waals surface area contributed by atoms with Crippen LogP contribution in [0.2, 0.25) is 0 Å². The van der Waals surface area contributed by atoms with E-state index in [-0.39, 0.29) is 0 Å². The van der Waals surface area contributed by atoms with E-state index < -0.39 is 0 Å². The number of hydrogen-bond acceptors (Lipinski definition) is 2. The van der Waals surface area contributed by atoms with Gasteiger partial charge in [-0.2, -0.15) is 0 Å². The maximum atomic E-state index is 4.41. The van der Waals surface area contributed by atoms with Crippen molar-refractivity contribution >= 4 is 11.6 Å². The van der Waals surface area contributed by atoms with E-state index in [9.17, 15) is 0 Å². The molecule has 21 heavy (non-hydrogen) atoms. The summed E-state index contributed by atoms with van der Waals surface area (Å²) in [6.45, 7) is 3.14. The molecule has 3 aromatic rings. The van der Waals surface area contributed by atoms with E-state index in [1.54, 1.807) is 0 Å². The Balaban J connectivity index is 1.74. The second-order valence-electron chi connectivity index (χ2n) is 5.21. The van der Waals surface area contributed by atoms with Crippen LogP contribution in [-0.4, -0.2) is 9.55 Å². The number of imidazole rings is 1. The van der Waals surface area contributed by atoms with Crippen molar-refractivity contribution in [3.8, 4) is 0 Å². The third-order valence-corrected chi connectivity index (χ3v) is 3.58. The van der Waals surface area contributed by atoms with E-state index in [2.05, 4.69) is 52.1 Å². The van der Waals surface area contributed by atoms with Gasteiger partial charge in [-0.05, 0) is 23.6 Å². The fraction of sp³-hybridized carbons (Fsp3) is 0.167. The lowest BCUT2D eigenvalue weighted by Gasteiger charge is -2.15. The van der Waals surface area contributed by atoms with Crippen LogP contribution in [0, 0.1) is 0 Å². The number of aromatic nitrogens is 2. The molecule has 1 heterocycles. The minimum absolute atomic E-state index is 0.441. The van der Waals surface area contributed by atoms with Crippen molar-refractivity contribution in [3.05, 3.63) is 78.6 Å². The Bertz CT molecular complexity index is 674. The standard InChI is InChI=1S/C18H19N3/c1-15(16-8-4-2-5-9-16)14-21-13-12-19-18(21)20-17-10-6-3-7-11-17/h2-13,15H,14H2,1H3,(H,19,20). The lowest BCUT2D eigenvalue weighted by Crippen LogP contribution is -2.08. The number of benzene rings is 2. The fourth-order valence-corrected chi connectivity index (χ4v) is 2.41. The van der Waals surface area contributed by atoms with E-state index >= 15 is 0 Å². The van der Waals surface area contributed by atoms with Crippen LogP contribution in [0.5, 0.6) is 0 Å². The summed E-state index contributed by atoms with van der Waals surface area (Å²) in [5, 5.41) is 3.36. The van der Waals surface area contributed by atoms with Crippen LogP contribution < -0.4 is 5.32 Å². The zero-order chi connectivity index (χ0) is 14.5. The Labute approximate surface area is 125 Å². The molecule has 1 N–H and O–H groups in total. The van der Waals surface area contributed by atoms with E-state index in [0.29, 0.717) is 5.92 Å². The molecule has 106 valence electrons. The van der Waals surface area contributed by atoms with Crippen LogP contribution in [0.3, 0.4) is 0 Å². The predicted octanol–water partition coefficient (Wildman–Crippen LogP) is 4.43. The summed E-state index contributed by atoms with van der Waals surface area (Å²) in [5.41, 5.74) is 2.40. The monoisotopic (exact) mass is 277 g/mol. The Morgan fingerprint density at radius 2 is 1.67 bits per heavy atom. The van der Waals surface area contributed by atoms with Gasteiger partial charge in [0.1, 0.15) is 0 Å². The average Bonchev–Trinajstić information content (AvgIpc) is 2.96. The molecule has 1 unspecified atom stereocenters. The summed E-state index contributed by atoms with van der Waals surface area (Å²) < 4.78 is 2.16. The SMILES string of the molecule is CC(Cn1ccnc1Nc1ccccc1)c1ccccc1. The average molecular weight is 277 g/mol. The second kappa shape index (κ2) is 6.27. The van der Waals surface area contributed by atoms with Crippen LogP contribution in [-0.2, 0) is 6.54 Å². The topological polar surface area (TPSA) is 29.9 Å². The molecule has 0 aliphatic carbocycles. The number of anilines is 2. The second-order valence-corrected chi connectivity index (χ2v) is 5.21. The van der Waals surface area contributed by atoms with Crippen LogP contribution in [0.25, 0.3) is 0 Å². The lowest BCUT2D eigenvalue weighted by molar-refractivity contribution is 0.603. The Hall–Kier alpha value is -2.55. The molecule has 3 heteroatoms. The van der Waals surface area contributed by atoms with Crippen molar-refractivity contribution in [3.63, 3.8) is 0 Å². The molecule has 2 aromatic carbocycles. The van der Waals surface area contributed by atoms with Gasteiger partial charge < -0.3 is 9.88 Å². The third kappa shape index (κ3) is 3.31. The minimum Gasteiger partial charge on any atom is -0.326 e. The lowest BCUT2D eigenvalue weighted by atomic mass is 10.0. The molecule has 0 radical (unpaired) electrons. The van der Waals surface area contributed by atoms with Gasteiger partial charge in [0.05, 0.1) is 0 Å². The fourth-order valence-electron chi connectivity index (χ4n) is 2.41. The van der Waals surface area contributed by atoms with E-state index in [4.69, 9.17) is 0 Å². The molecule has 0 saturated carbocycles. The van der Waals surface area contributed by atoms with Gasteiger partial charge in [-0.15, -0.1) is 0 Å². The molecule has 0 fully saturated rings. The Morgan fingerprint density at radius 1 is 1.00 bits per heavy atom. The Morgan fingerprint density at radius 3 is 2.38 bits per heavy atom. The first kappa shape index (κ1) is 13.4. The number of hydrogen-bond donors (Lipinski definition) is 1. The van der Waals surface area contributed by atoms with Gasteiger partial charge in [-0.25, -0.2) is 4.98 Å². The van der Waals surface area contributed by atoms with Crippen molar-refractivity contribution in [2.45, 2.75) is 19.4 Å². The highest BCUT2D eigenvalue weighted by Gasteiger charge is 2.09. The first-order valence-corrected chi connectivity index (χ1v) is 7.21. The molecule has 3 nitrogen and oxygen atoms in total. The molecule has 0 bridgehead atoms. The van der Waals surface area contributed by atoms with Gasteiger partial charge in [0.15, 0.2) is 0 Å². The van der Waals surface area contributed by atoms with E-state index in [0.717, 1.165) is 18.2 Å². The molecular formula is C18H19N3. The summed E-state index contributed by atoms with van der Waals surface area (Å²) in [6.07, 6.45) is 3.85. The summed E-state index contributed by atoms with van der Waals surface area (Å²) in [7, 11) is 0. The van der Waals surface area contributed by atoms with Crippen LogP contribution in [0.15, 0.2) is 73.1 Å². The van der Waals surface area contributed by atoms with Crippen molar-refractivity contribution < 1.29 is 0 Å². The molecule has 0 aliphatic rings. The first-order chi connectivity index (χ1) is 10.3. The van der Waals surface area contributed by atoms with Crippen LogP contribution in [0.1, 0.15) is 18.4 Å². The van der Waals surface area contributed by atoms with Crippen LogP contribution in [0.4, 0.5) is 11.6 Å². The highest BCUT2D eigenvalue weighted by molar-refractivity contribution is 5.53. The number of nitrogens with one attached hydrogen (secondary N) is 1. The molecule has 1 atom stereocenters. The van der Waals surface area contributed by atoms with Gasteiger partial charge in [0.2, 0.25) is 5.95 Å². The summed E-state index contributed by atoms with van der Waals surface area (Å²) in [4.78, 5) is 4.41. The third-order valence-electron chi connectivity index (χ3n) is 3.58. The molecule has 0 amide bonds. The molecule has 0 aliphatic heterocycles. The predicted molar refractivity (Wildman–Crippen MR) is 86.8 cm³/mol. The highest BCUT2D eigenvalue weighted by atomic mass is 15.2. The molecular weight excluding hydrogens is 258 g/mol. The molecule has 1 aromatic heterocycles. The number of para-hydroxylation sites is 1. The number of nitrogens with zero attached hydrogens (tertiary/aromatic N) is 2.